The molecule has 0 spiro atoms. The first kappa shape index (κ1) is 29.9. The van der Waals surface area contributed by atoms with Gasteiger partial charge >= 0.3 is 11.9 Å². The third-order valence-corrected chi connectivity index (χ3v) is 6.19. The first-order chi connectivity index (χ1) is 15.0. The molecule has 0 aliphatic rings. The summed E-state index contributed by atoms with van der Waals surface area (Å²) in [6.45, 7) is 9.16. The lowest BCUT2D eigenvalue weighted by Gasteiger charge is -2.19. The Hall–Kier alpha value is -1.06. The van der Waals surface area contributed by atoms with E-state index in [1.807, 2.05) is 13.8 Å². The molecular formula is C27H52O4. The maximum Gasteiger partial charge on any atom is 0.306 e. The minimum Gasteiger partial charge on any atom is -0.466 e. The Bertz CT molecular complexity index is 419. The van der Waals surface area contributed by atoms with Crippen LogP contribution in [0.4, 0.5) is 0 Å². The van der Waals surface area contributed by atoms with Crippen LogP contribution in [0.5, 0.6) is 0 Å². The molecule has 0 fully saturated rings. The van der Waals surface area contributed by atoms with Gasteiger partial charge in [-0.1, -0.05) is 97.3 Å². The predicted octanol–water partition coefficient (Wildman–Crippen LogP) is 8.02. The minimum absolute atomic E-state index is 0.0322. The second kappa shape index (κ2) is 22.1. The largest absolute Gasteiger partial charge is 0.466 e. The highest BCUT2D eigenvalue weighted by Crippen LogP contribution is 2.23. The van der Waals surface area contributed by atoms with E-state index in [0.717, 1.165) is 19.3 Å². The lowest BCUT2D eigenvalue weighted by atomic mass is 9.87. The Morgan fingerprint density at radius 3 is 1.39 bits per heavy atom. The Balaban J connectivity index is 3.37. The fourth-order valence-corrected chi connectivity index (χ4v) is 4.14. The van der Waals surface area contributed by atoms with Gasteiger partial charge in [0.15, 0.2) is 0 Å². The van der Waals surface area contributed by atoms with Gasteiger partial charge in [-0.2, -0.15) is 0 Å². The monoisotopic (exact) mass is 440 g/mol. The molecule has 0 aromatic carbocycles. The van der Waals surface area contributed by atoms with Crippen LogP contribution in [0.15, 0.2) is 0 Å². The first-order valence-corrected chi connectivity index (χ1v) is 13.3. The van der Waals surface area contributed by atoms with Gasteiger partial charge in [-0.25, -0.2) is 0 Å². The molecule has 0 rings (SSSR count). The summed E-state index contributed by atoms with van der Waals surface area (Å²) in [5, 5.41) is 0. The average Bonchev–Trinajstić information content (AvgIpc) is 2.72. The molecule has 0 radical (unpaired) electrons. The Labute approximate surface area is 193 Å². The van der Waals surface area contributed by atoms with Gasteiger partial charge in [0, 0.05) is 12.8 Å². The quantitative estimate of drug-likeness (QED) is 0.126. The third-order valence-electron chi connectivity index (χ3n) is 6.19. The van der Waals surface area contributed by atoms with Crippen molar-refractivity contribution in [2.75, 3.05) is 13.2 Å². The fourth-order valence-electron chi connectivity index (χ4n) is 4.14. The van der Waals surface area contributed by atoms with Crippen molar-refractivity contribution in [3.8, 4) is 0 Å². The summed E-state index contributed by atoms with van der Waals surface area (Å²) in [6.07, 6.45) is 20.4. The molecule has 0 saturated carbocycles. The highest BCUT2D eigenvalue weighted by Gasteiger charge is 2.17. The molecule has 0 amide bonds. The molecule has 4 nitrogen and oxygen atoms in total. The number of ether oxygens (including phenoxy) is 2. The van der Waals surface area contributed by atoms with Crippen LogP contribution in [0.3, 0.4) is 0 Å². The van der Waals surface area contributed by atoms with E-state index >= 15 is 0 Å². The summed E-state index contributed by atoms with van der Waals surface area (Å²) in [4.78, 5) is 23.0. The van der Waals surface area contributed by atoms with Crippen LogP contribution >= 0.6 is 0 Å². The van der Waals surface area contributed by atoms with E-state index in [2.05, 4.69) is 13.8 Å². The number of hydrogen-bond acceptors (Lipinski definition) is 4. The Morgan fingerprint density at radius 1 is 0.581 bits per heavy atom. The molecule has 0 N–H and O–H groups in total. The molecule has 31 heavy (non-hydrogen) atoms. The van der Waals surface area contributed by atoms with Crippen molar-refractivity contribution >= 4 is 11.9 Å². The number of hydrogen-bond donors (Lipinski definition) is 0. The van der Waals surface area contributed by atoms with Gasteiger partial charge in [-0.15, -0.1) is 0 Å². The van der Waals surface area contributed by atoms with Crippen molar-refractivity contribution in [2.45, 2.75) is 137 Å². The molecule has 0 bridgehead atoms. The van der Waals surface area contributed by atoms with Crippen molar-refractivity contribution in [1.29, 1.82) is 0 Å². The summed E-state index contributed by atoms with van der Waals surface area (Å²) in [5.74, 6) is 0.942. The highest BCUT2D eigenvalue weighted by molar-refractivity contribution is 5.69. The Morgan fingerprint density at radius 2 is 0.968 bits per heavy atom. The summed E-state index contributed by atoms with van der Waals surface area (Å²) in [6, 6.07) is 0. The van der Waals surface area contributed by atoms with E-state index in [-0.39, 0.29) is 11.9 Å². The van der Waals surface area contributed by atoms with Crippen molar-refractivity contribution in [3.63, 3.8) is 0 Å². The summed E-state index contributed by atoms with van der Waals surface area (Å²) in [5.41, 5.74) is 0. The van der Waals surface area contributed by atoms with Gasteiger partial charge in [0.1, 0.15) is 0 Å². The van der Waals surface area contributed by atoms with Crippen LogP contribution < -0.4 is 0 Å². The lowest BCUT2D eigenvalue weighted by Crippen LogP contribution is -2.16. The van der Waals surface area contributed by atoms with E-state index in [1.54, 1.807) is 0 Å². The SMILES string of the molecule is CCOC(=O)CCCCCCCCCCCCCCCCC(CC(=O)OCC)C(C)C. The maximum absolute atomic E-state index is 11.7. The number of esters is 2. The lowest BCUT2D eigenvalue weighted by molar-refractivity contribution is -0.145. The molecular weight excluding hydrogens is 388 g/mol. The van der Waals surface area contributed by atoms with Crippen LogP contribution in [0.2, 0.25) is 0 Å². The molecule has 0 aliphatic heterocycles. The number of carbonyl (C=O) groups excluding carboxylic acids is 2. The molecule has 0 heterocycles. The van der Waals surface area contributed by atoms with E-state index in [1.165, 1.54) is 77.0 Å². The molecule has 0 aromatic heterocycles. The standard InChI is InChI=1S/C27H52O4/c1-5-30-26(28)22-20-18-16-14-12-10-8-7-9-11-13-15-17-19-21-25(24(3)4)23-27(29)31-6-2/h24-25H,5-23H2,1-4H3. The van der Waals surface area contributed by atoms with Gasteiger partial charge in [-0.3, -0.25) is 9.59 Å². The summed E-state index contributed by atoms with van der Waals surface area (Å²) < 4.78 is 10.1. The highest BCUT2D eigenvalue weighted by atomic mass is 16.5. The zero-order chi connectivity index (χ0) is 23.2. The van der Waals surface area contributed by atoms with Gasteiger partial charge in [0.25, 0.3) is 0 Å². The van der Waals surface area contributed by atoms with Crippen molar-refractivity contribution in [2.24, 2.45) is 11.8 Å². The van der Waals surface area contributed by atoms with Gasteiger partial charge in [-0.05, 0) is 38.5 Å². The third kappa shape index (κ3) is 20.6. The number of unbranched alkanes of at least 4 members (excludes halogenated alkanes) is 13. The van der Waals surface area contributed by atoms with Crippen LogP contribution in [0.25, 0.3) is 0 Å². The minimum atomic E-state index is -0.0451. The van der Waals surface area contributed by atoms with E-state index in [0.29, 0.717) is 37.9 Å². The Kier molecular flexibility index (Phi) is 21.4. The molecule has 0 aliphatic carbocycles. The molecule has 184 valence electrons. The molecule has 1 unspecified atom stereocenters. The smallest absolute Gasteiger partial charge is 0.306 e. The molecule has 4 heteroatoms. The van der Waals surface area contributed by atoms with E-state index in [9.17, 15) is 9.59 Å². The second-order valence-electron chi connectivity index (χ2n) is 9.31. The van der Waals surface area contributed by atoms with Crippen molar-refractivity contribution in [1.82, 2.24) is 0 Å². The molecule has 0 saturated heterocycles. The average molecular weight is 441 g/mol. The van der Waals surface area contributed by atoms with Crippen LogP contribution in [0, 0.1) is 11.8 Å². The number of carbonyl (C=O) groups is 2. The molecule has 1 atom stereocenters. The van der Waals surface area contributed by atoms with Crippen LogP contribution in [0.1, 0.15) is 137 Å². The normalized spacial score (nSPS) is 12.2. The number of rotatable bonds is 22. The van der Waals surface area contributed by atoms with Gasteiger partial charge in [0.2, 0.25) is 0 Å². The van der Waals surface area contributed by atoms with Gasteiger partial charge in [0.05, 0.1) is 13.2 Å². The summed E-state index contributed by atoms with van der Waals surface area (Å²) >= 11 is 0. The maximum atomic E-state index is 11.7. The molecule has 0 aromatic rings. The second-order valence-corrected chi connectivity index (χ2v) is 9.31. The fraction of sp³-hybridized carbons (Fsp3) is 0.926. The summed E-state index contributed by atoms with van der Waals surface area (Å²) in [7, 11) is 0. The predicted molar refractivity (Wildman–Crippen MR) is 130 cm³/mol. The first-order valence-electron chi connectivity index (χ1n) is 13.3. The van der Waals surface area contributed by atoms with E-state index in [4.69, 9.17) is 9.47 Å². The van der Waals surface area contributed by atoms with Crippen molar-refractivity contribution in [3.05, 3.63) is 0 Å². The van der Waals surface area contributed by atoms with Gasteiger partial charge < -0.3 is 9.47 Å². The zero-order valence-electron chi connectivity index (χ0n) is 21.2. The topological polar surface area (TPSA) is 52.6 Å². The van der Waals surface area contributed by atoms with Crippen molar-refractivity contribution < 1.29 is 19.1 Å². The van der Waals surface area contributed by atoms with Crippen LogP contribution in [-0.2, 0) is 19.1 Å². The zero-order valence-corrected chi connectivity index (χ0v) is 21.2. The van der Waals surface area contributed by atoms with Crippen LogP contribution in [-0.4, -0.2) is 25.2 Å². The van der Waals surface area contributed by atoms with E-state index < -0.39 is 0 Å².